The molecule has 0 N–H and O–H groups in total. The van der Waals surface area contributed by atoms with E-state index in [0.717, 1.165) is 21.9 Å². The number of benzene rings is 2. The van der Waals surface area contributed by atoms with Crippen LogP contribution in [-0.4, -0.2) is 18.9 Å². The number of carbonyl (C=O) groups is 2. The van der Waals surface area contributed by atoms with Crippen LogP contribution in [0, 0.1) is 13.8 Å². The second kappa shape index (κ2) is 7.22. The van der Waals surface area contributed by atoms with Gasteiger partial charge >= 0.3 is 5.97 Å². The summed E-state index contributed by atoms with van der Waals surface area (Å²) in [5.41, 5.74) is 2.40. The van der Waals surface area contributed by atoms with E-state index in [1.165, 1.54) is 0 Å². The quantitative estimate of drug-likeness (QED) is 0.460. The number of aldehydes is 1. The van der Waals surface area contributed by atoms with Crippen LogP contribution in [0.3, 0.4) is 0 Å². The van der Waals surface area contributed by atoms with Crippen LogP contribution in [0.5, 0.6) is 11.5 Å². The van der Waals surface area contributed by atoms with Gasteiger partial charge in [-0.05, 0) is 61.4 Å². The van der Waals surface area contributed by atoms with Crippen LogP contribution in [0.4, 0.5) is 0 Å². The molecule has 0 aliphatic heterocycles. The average Bonchev–Trinajstić information content (AvgIpc) is 2.47. The van der Waals surface area contributed by atoms with Crippen molar-refractivity contribution in [2.75, 3.05) is 6.61 Å². The zero-order valence-electron chi connectivity index (χ0n) is 12.3. The molecule has 0 radical (unpaired) electrons. The molecular formula is C17H15BrO4. The van der Waals surface area contributed by atoms with E-state index < -0.39 is 5.97 Å². The lowest BCUT2D eigenvalue weighted by molar-refractivity contribution is -0.136. The maximum Gasteiger partial charge on any atom is 0.349 e. The van der Waals surface area contributed by atoms with Crippen molar-refractivity contribution in [1.82, 2.24) is 0 Å². The summed E-state index contributed by atoms with van der Waals surface area (Å²) in [5.74, 6) is 0.556. The van der Waals surface area contributed by atoms with Gasteiger partial charge in [0.2, 0.25) is 0 Å². The average molecular weight is 363 g/mol. The van der Waals surface area contributed by atoms with E-state index in [1.807, 2.05) is 26.0 Å². The number of halogens is 1. The third-order valence-corrected chi connectivity index (χ3v) is 3.47. The lowest BCUT2D eigenvalue weighted by Gasteiger charge is -2.12. The predicted molar refractivity (Wildman–Crippen MR) is 86.6 cm³/mol. The first-order valence-electron chi connectivity index (χ1n) is 6.65. The zero-order chi connectivity index (χ0) is 16.1. The first-order chi connectivity index (χ1) is 10.5. The van der Waals surface area contributed by atoms with E-state index in [1.54, 1.807) is 24.3 Å². The van der Waals surface area contributed by atoms with Crippen molar-refractivity contribution in [2.45, 2.75) is 13.8 Å². The van der Waals surface area contributed by atoms with E-state index in [2.05, 4.69) is 15.9 Å². The summed E-state index contributed by atoms with van der Waals surface area (Å²) in [6, 6.07) is 10.1. The molecule has 0 heterocycles. The van der Waals surface area contributed by atoms with Crippen LogP contribution < -0.4 is 9.47 Å². The van der Waals surface area contributed by atoms with E-state index in [0.29, 0.717) is 17.1 Å². The minimum absolute atomic E-state index is 0.182. The Balaban J connectivity index is 1.96. The van der Waals surface area contributed by atoms with Crippen LogP contribution in [0.1, 0.15) is 21.5 Å². The number of ether oxygens (including phenoxy) is 2. The molecule has 0 saturated heterocycles. The number of hydrogen-bond donors (Lipinski definition) is 0. The second-order valence-electron chi connectivity index (χ2n) is 4.82. The normalized spacial score (nSPS) is 10.1. The summed E-state index contributed by atoms with van der Waals surface area (Å²) < 4.78 is 11.7. The molecule has 0 saturated carbocycles. The maximum atomic E-state index is 11.8. The van der Waals surface area contributed by atoms with Gasteiger partial charge in [-0.3, -0.25) is 4.79 Å². The third-order valence-electron chi connectivity index (χ3n) is 3.01. The van der Waals surface area contributed by atoms with Gasteiger partial charge in [-0.1, -0.05) is 15.9 Å². The molecule has 0 spiro atoms. The Labute approximate surface area is 137 Å². The molecule has 5 heteroatoms. The minimum atomic E-state index is -0.499. The van der Waals surface area contributed by atoms with Crippen molar-refractivity contribution in [2.24, 2.45) is 0 Å². The number of esters is 1. The van der Waals surface area contributed by atoms with E-state index in [-0.39, 0.29) is 6.61 Å². The summed E-state index contributed by atoms with van der Waals surface area (Å²) in [5, 5.41) is 0. The van der Waals surface area contributed by atoms with Gasteiger partial charge in [0, 0.05) is 10.0 Å². The second-order valence-corrected chi connectivity index (χ2v) is 5.73. The van der Waals surface area contributed by atoms with Gasteiger partial charge in [0.1, 0.15) is 17.8 Å². The number of aryl methyl sites for hydroxylation is 2. The highest BCUT2D eigenvalue weighted by Crippen LogP contribution is 2.27. The molecule has 0 aliphatic rings. The molecule has 2 aromatic rings. The molecular weight excluding hydrogens is 348 g/mol. The van der Waals surface area contributed by atoms with Crippen LogP contribution in [-0.2, 0) is 4.79 Å². The molecule has 0 aromatic heterocycles. The molecule has 2 aromatic carbocycles. The minimum Gasteiger partial charge on any atom is -0.481 e. The Bertz CT molecular complexity index is 669. The lowest BCUT2D eigenvalue weighted by atomic mass is 10.1. The van der Waals surface area contributed by atoms with Crippen molar-refractivity contribution < 1.29 is 19.1 Å². The van der Waals surface area contributed by atoms with Crippen LogP contribution in [0.2, 0.25) is 0 Å². The van der Waals surface area contributed by atoms with Gasteiger partial charge in [0.15, 0.2) is 6.61 Å². The molecule has 0 bridgehead atoms. The highest BCUT2D eigenvalue weighted by atomic mass is 79.9. The van der Waals surface area contributed by atoms with Gasteiger partial charge in [-0.15, -0.1) is 0 Å². The first-order valence-corrected chi connectivity index (χ1v) is 7.44. The van der Waals surface area contributed by atoms with Gasteiger partial charge in [-0.2, -0.15) is 0 Å². The van der Waals surface area contributed by atoms with Crippen LogP contribution in [0.15, 0.2) is 40.9 Å². The third kappa shape index (κ3) is 4.18. The van der Waals surface area contributed by atoms with E-state index >= 15 is 0 Å². The molecule has 22 heavy (non-hydrogen) atoms. The summed E-state index contributed by atoms with van der Waals surface area (Å²) in [7, 11) is 0. The Morgan fingerprint density at radius 3 is 2.27 bits per heavy atom. The van der Waals surface area contributed by atoms with Crippen LogP contribution >= 0.6 is 15.9 Å². The fraction of sp³-hybridized carbons (Fsp3) is 0.176. The molecule has 0 amide bonds. The van der Waals surface area contributed by atoms with Crippen molar-refractivity contribution in [1.29, 1.82) is 0 Å². The summed E-state index contributed by atoms with van der Waals surface area (Å²) >= 11 is 3.41. The molecule has 4 nitrogen and oxygen atoms in total. The Morgan fingerprint density at radius 1 is 1.14 bits per heavy atom. The Kier molecular flexibility index (Phi) is 5.33. The molecule has 0 unspecified atom stereocenters. The maximum absolute atomic E-state index is 11.8. The standard InChI is InChI=1S/C17H15BrO4/c1-11-7-14(18)8-12(2)17(11)21-10-16(20)22-15-5-3-13(9-19)4-6-15/h3-9H,10H2,1-2H3. The summed E-state index contributed by atoms with van der Waals surface area (Å²) in [6.07, 6.45) is 0.730. The lowest BCUT2D eigenvalue weighted by Crippen LogP contribution is -2.18. The van der Waals surface area contributed by atoms with Crippen molar-refractivity contribution in [3.05, 3.63) is 57.6 Å². The monoisotopic (exact) mass is 362 g/mol. The number of rotatable bonds is 5. The molecule has 0 fully saturated rings. The Morgan fingerprint density at radius 2 is 1.73 bits per heavy atom. The SMILES string of the molecule is Cc1cc(Br)cc(C)c1OCC(=O)Oc1ccc(C=O)cc1. The fourth-order valence-corrected chi connectivity index (χ4v) is 2.72. The number of hydrogen-bond acceptors (Lipinski definition) is 4. The highest BCUT2D eigenvalue weighted by Gasteiger charge is 2.10. The molecule has 114 valence electrons. The van der Waals surface area contributed by atoms with Gasteiger partial charge in [-0.25, -0.2) is 4.79 Å². The predicted octanol–water partition coefficient (Wildman–Crippen LogP) is 3.86. The molecule has 2 rings (SSSR count). The zero-order valence-corrected chi connectivity index (χ0v) is 13.8. The van der Waals surface area contributed by atoms with Crippen molar-refractivity contribution in [3.8, 4) is 11.5 Å². The van der Waals surface area contributed by atoms with E-state index in [9.17, 15) is 9.59 Å². The first kappa shape index (κ1) is 16.2. The molecule has 0 atom stereocenters. The van der Waals surface area contributed by atoms with Crippen molar-refractivity contribution >= 4 is 28.2 Å². The van der Waals surface area contributed by atoms with E-state index in [4.69, 9.17) is 9.47 Å². The Hall–Kier alpha value is -2.14. The topological polar surface area (TPSA) is 52.6 Å². The number of carbonyl (C=O) groups excluding carboxylic acids is 2. The smallest absolute Gasteiger partial charge is 0.349 e. The largest absolute Gasteiger partial charge is 0.481 e. The van der Waals surface area contributed by atoms with Crippen molar-refractivity contribution in [3.63, 3.8) is 0 Å². The van der Waals surface area contributed by atoms with Gasteiger partial charge in [0.05, 0.1) is 0 Å². The summed E-state index contributed by atoms with van der Waals surface area (Å²) in [6.45, 7) is 3.64. The summed E-state index contributed by atoms with van der Waals surface area (Å²) in [4.78, 5) is 22.4. The van der Waals surface area contributed by atoms with Gasteiger partial charge in [0.25, 0.3) is 0 Å². The van der Waals surface area contributed by atoms with Gasteiger partial charge < -0.3 is 9.47 Å². The molecule has 0 aliphatic carbocycles. The van der Waals surface area contributed by atoms with Crippen LogP contribution in [0.25, 0.3) is 0 Å². The fourth-order valence-electron chi connectivity index (χ4n) is 2.03. The highest BCUT2D eigenvalue weighted by molar-refractivity contribution is 9.10.